The zero-order chi connectivity index (χ0) is 14.8. The summed E-state index contributed by atoms with van der Waals surface area (Å²) in [4.78, 5) is 12.9. The molecular weight excluding hydrogens is 277 g/mol. The Bertz CT molecular complexity index is 587. The number of ketones is 1. The molecular formula is C17H17F3O. The second-order valence-electron chi connectivity index (χ2n) is 7.25. The van der Waals surface area contributed by atoms with Gasteiger partial charge in [-0.2, -0.15) is 0 Å². The molecule has 4 aliphatic rings. The molecule has 0 heterocycles. The molecule has 0 spiro atoms. The number of benzene rings is 1. The number of carbonyl (C=O) groups excluding carboxylic acids is 1. The van der Waals surface area contributed by atoms with Crippen LogP contribution >= 0.6 is 0 Å². The summed E-state index contributed by atoms with van der Waals surface area (Å²) in [7, 11) is 0. The molecule has 4 heteroatoms. The third kappa shape index (κ3) is 1.87. The molecule has 4 bridgehead atoms. The van der Waals surface area contributed by atoms with Gasteiger partial charge in [0.2, 0.25) is 0 Å². The standard InChI is InChI=1S/C17H17F3O/c18-13-2-1-12(14(19)15(13)20)16(21)17-6-9-3-10(7-17)5-11(4-9)8-17/h1-2,9-11H,3-8H2. The van der Waals surface area contributed by atoms with Crippen molar-refractivity contribution in [3.8, 4) is 0 Å². The largest absolute Gasteiger partial charge is 0.293 e. The highest BCUT2D eigenvalue weighted by Crippen LogP contribution is 2.61. The van der Waals surface area contributed by atoms with Crippen LogP contribution in [0.4, 0.5) is 13.2 Å². The number of carbonyl (C=O) groups is 1. The van der Waals surface area contributed by atoms with E-state index in [1.807, 2.05) is 0 Å². The van der Waals surface area contributed by atoms with Gasteiger partial charge in [0, 0.05) is 5.41 Å². The Balaban J connectivity index is 1.74. The topological polar surface area (TPSA) is 17.1 Å². The van der Waals surface area contributed by atoms with Crippen molar-refractivity contribution in [3.63, 3.8) is 0 Å². The lowest BCUT2D eigenvalue weighted by molar-refractivity contribution is -0.0355. The summed E-state index contributed by atoms with van der Waals surface area (Å²) in [6, 6.07) is 1.96. The first kappa shape index (κ1) is 13.4. The van der Waals surface area contributed by atoms with Gasteiger partial charge in [-0.25, -0.2) is 13.2 Å². The Morgan fingerprint density at radius 2 is 1.43 bits per heavy atom. The van der Waals surface area contributed by atoms with Crippen molar-refractivity contribution >= 4 is 5.78 Å². The van der Waals surface area contributed by atoms with E-state index in [4.69, 9.17) is 0 Å². The van der Waals surface area contributed by atoms with Gasteiger partial charge in [-0.3, -0.25) is 4.79 Å². The molecule has 112 valence electrons. The Morgan fingerprint density at radius 1 is 0.905 bits per heavy atom. The second-order valence-corrected chi connectivity index (χ2v) is 7.25. The molecule has 0 aromatic heterocycles. The maximum Gasteiger partial charge on any atom is 0.195 e. The average Bonchev–Trinajstić information content (AvgIpc) is 2.43. The van der Waals surface area contributed by atoms with Crippen LogP contribution in [-0.2, 0) is 0 Å². The van der Waals surface area contributed by atoms with Crippen LogP contribution in [0.1, 0.15) is 48.9 Å². The normalized spacial score (nSPS) is 37.0. The first-order valence-electron chi connectivity index (χ1n) is 7.67. The van der Waals surface area contributed by atoms with Crippen molar-refractivity contribution < 1.29 is 18.0 Å². The molecule has 4 aliphatic carbocycles. The minimum Gasteiger partial charge on any atom is -0.293 e. The predicted molar refractivity (Wildman–Crippen MR) is 71.3 cm³/mol. The molecule has 0 amide bonds. The van der Waals surface area contributed by atoms with E-state index in [2.05, 4.69) is 0 Å². The summed E-state index contributed by atoms with van der Waals surface area (Å²) >= 11 is 0. The quantitative estimate of drug-likeness (QED) is 0.579. The number of halogens is 3. The summed E-state index contributed by atoms with van der Waals surface area (Å²) in [5.41, 5.74) is -0.796. The molecule has 0 atom stereocenters. The smallest absolute Gasteiger partial charge is 0.195 e. The van der Waals surface area contributed by atoms with Gasteiger partial charge in [0.25, 0.3) is 0 Å². The van der Waals surface area contributed by atoms with E-state index in [9.17, 15) is 18.0 Å². The van der Waals surface area contributed by atoms with E-state index in [0.29, 0.717) is 17.8 Å². The van der Waals surface area contributed by atoms with Gasteiger partial charge in [0.1, 0.15) is 0 Å². The number of rotatable bonds is 2. The van der Waals surface area contributed by atoms with Crippen LogP contribution < -0.4 is 0 Å². The van der Waals surface area contributed by atoms with Crippen LogP contribution in [0.3, 0.4) is 0 Å². The Kier molecular flexibility index (Phi) is 2.76. The van der Waals surface area contributed by atoms with E-state index >= 15 is 0 Å². The fourth-order valence-corrected chi connectivity index (χ4v) is 5.38. The van der Waals surface area contributed by atoms with Gasteiger partial charge in [-0.1, -0.05) is 0 Å². The van der Waals surface area contributed by atoms with Crippen LogP contribution in [0.15, 0.2) is 12.1 Å². The maximum atomic E-state index is 14.0. The lowest BCUT2D eigenvalue weighted by atomic mass is 9.48. The van der Waals surface area contributed by atoms with Crippen LogP contribution in [0, 0.1) is 40.6 Å². The Hall–Kier alpha value is -1.32. The average molecular weight is 294 g/mol. The summed E-state index contributed by atoms with van der Waals surface area (Å²) in [5, 5.41) is 0. The molecule has 4 fully saturated rings. The highest BCUT2D eigenvalue weighted by Gasteiger charge is 2.54. The predicted octanol–water partition coefficient (Wildman–Crippen LogP) is 4.50. The number of hydrogen-bond acceptors (Lipinski definition) is 1. The second kappa shape index (κ2) is 4.34. The van der Waals surface area contributed by atoms with Crippen LogP contribution in [0.2, 0.25) is 0 Å². The summed E-state index contributed by atoms with van der Waals surface area (Å²) in [6.45, 7) is 0. The molecule has 1 nitrogen and oxygen atoms in total. The highest BCUT2D eigenvalue weighted by atomic mass is 19.2. The minimum absolute atomic E-state index is 0.268. The molecule has 4 saturated carbocycles. The zero-order valence-electron chi connectivity index (χ0n) is 11.7. The molecule has 0 N–H and O–H groups in total. The first-order valence-corrected chi connectivity index (χ1v) is 7.67. The summed E-state index contributed by atoms with van der Waals surface area (Å²) in [6.07, 6.45) is 5.88. The Labute approximate surface area is 121 Å². The molecule has 1 aromatic rings. The zero-order valence-corrected chi connectivity index (χ0v) is 11.7. The van der Waals surface area contributed by atoms with Crippen molar-refractivity contribution in [1.82, 2.24) is 0 Å². The molecule has 0 unspecified atom stereocenters. The minimum atomic E-state index is -1.54. The van der Waals surface area contributed by atoms with Crippen molar-refractivity contribution in [3.05, 3.63) is 35.1 Å². The van der Waals surface area contributed by atoms with Gasteiger partial charge < -0.3 is 0 Å². The van der Waals surface area contributed by atoms with Gasteiger partial charge in [0.05, 0.1) is 5.56 Å². The van der Waals surface area contributed by atoms with Crippen molar-refractivity contribution in [2.24, 2.45) is 23.2 Å². The van der Waals surface area contributed by atoms with E-state index in [-0.39, 0.29) is 11.3 Å². The molecule has 5 rings (SSSR count). The third-order valence-corrected chi connectivity index (χ3v) is 5.80. The third-order valence-electron chi connectivity index (χ3n) is 5.80. The van der Waals surface area contributed by atoms with Crippen molar-refractivity contribution in [2.75, 3.05) is 0 Å². The van der Waals surface area contributed by atoms with Gasteiger partial charge >= 0.3 is 0 Å². The SMILES string of the molecule is O=C(c1ccc(F)c(F)c1F)C12CC3CC(CC(C3)C1)C2. The van der Waals surface area contributed by atoms with Gasteiger partial charge in [0.15, 0.2) is 23.2 Å². The monoisotopic (exact) mass is 294 g/mol. The fourth-order valence-electron chi connectivity index (χ4n) is 5.38. The van der Waals surface area contributed by atoms with E-state index in [0.717, 1.165) is 31.4 Å². The molecule has 1 aromatic carbocycles. The molecule has 0 aliphatic heterocycles. The molecule has 0 saturated heterocycles. The van der Waals surface area contributed by atoms with Gasteiger partial charge in [-0.05, 0) is 68.4 Å². The fraction of sp³-hybridized carbons (Fsp3) is 0.588. The lowest BCUT2D eigenvalue weighted by Gasteiger charge is -2.55. The van der Waals surface area contributed by atoms with Crippen LogP contribution in [0.25, 0.3) is 0 Å². The Morgan fingerprint density at radius 3 is 1.95 bits per heavy atom. The van der Waals surface area contributed by atoms with E-state index < -0.39 is 22.9 Å². The van der Waals surface area contributed by atoms with Gasteiger partial charge in [-0.15, -0.1) is 0 Å². The van der Waals surface area contributed by atoms with E-state index in [1.54, 1.807) is 0 Å². The molecule has 0 radical (unpaired) electrons. The number of Topliss-reactive ketones (excluding diaryl/α,β-unsaturated/α-hetero) is 1. The van der Waals surface area contributed by atoms with Crippen LogP contribution in [-0.4, -0.2) is 5.78 Å². The number of hydrogen-bond donors (Lipinski definition) is 0. The maximum absolute atomic E-state index is 14.0. The van der Waals surface area contributed by atoms with Crippen LogP contribution in [0.5, 0.6) is 0 Å². The lowest BCUT2D eigenvalue weighted by Crippen LogP contribution is -2.50. The van der Waals surface area contributed by atoms with Crippen molar-refractivity contribution in [2.45, 2.75) is 38.5 Å². The highest BCUT2D eigenvalue weighted by molar-refractivity contribution is 6.01. The summed E-state index contributed by atoms with van der Waals surface area (Å²) < 4.78 is 40.4. The van der Waals surface area contributed by atoms with E-state index in [1.165, 1.54) is 19.3 Å². The summed E-state index contributed by atoms with van der Waals surface area (Å²) in [5.74, 6) is -2.76. The van der Waals surface area contributed by atoms with Crippen molar-refractivity contribution in [1.29, 1.82) is 0 Å². The first-order chi connectivity index (χ1) is 9.98. The molecule has 21 heavy (non-hydrogen) atoms.